The highest BCUT2D eigenvalue weighted by Crippen LogP contribution is 2.33. The minimum Gasteiger partial charge on any atom is -1.00 e. The van der Waals surface area contributed by atoms with Crippen molar-refractivity contribution in [2.24, 2.45) is 0 Å². The quantitative estimate of drug-likeness (QED) is 0.567. The SMILES string of the molecule is [Br-].c1ccc2c(c1)C[N+]1(CCCCC1)C2. The van der Waals surface area contributed by atoms with Crippen LogP contribution in [0.4, 0.5) is 0 Å². The third-order valence-electron chi connectivity index (χ3n) is 3.89. The van der Waals surface area contributed by atoms with Gasteiger partial charge in [-0.2, -0.15) is 0 Å². The Hall–Kier alpha value is -0.340. The van der Waals surface area contributed by atoms with Crippen molar-refractivity contribution in [3.63, 3.8) is 0 Å². The molecule has 1 fully saturated rings. The molecule has 1 saturated heterocycles. The largest absolute Gasteiger partial charge is 1.00 e. The smallest absolute Gasteiger partial charge is 0.105 e. The van der Waals surface area contributed by atoms with Crippen LogP contribution in [0, 0.1) is 0 Å². The molecule has 1 aromatic carbocycles. The van der Waals surface area contributed by atoms with E-state index in [9.17, 15) is 0 Å². The molecule has 1 spiro atoms. The molecule has 0 bridgehead atoms. The van der Waals surface area contributed by atoms with Crippen LogP contribution < -0.4 is 17.0 Å². The lowest BCUT2D eigenvalue weighted by atomic mass is 10.1. The standard InChI is InChI=1S/C13H18N.BrH/c1-4-8-14(9-5-1)10-12-6-2-3-7-13(12)11-14;/h2-3,6-7H,1,4-5,8-11H2;1H/q+1;/p-1. The Balaban J connectivity index is 0.000000853. The number of hydrogen-bond donors (Lipinski definition) is 0. The number of piperidine rings is 1. The lowest BCUT2D eigenvalue weighted by Crippen LogP contribution is -3.00. The first-order valence-corrected chi connectivity index (χ1v) is 5.80. The molecule has 82 valence electrons. The number of halogens is 1. The molecule has 0 radical (unpaired) electrons. The number of nitrogens with zero attached hydrogens (tertiary/aromatic N) is 1. The maximum absolute atomic E-state index is 2.32. The normalized spacial score (nSPS) is 22.1. The van der Waals surface area contributed by atoms with Gasteiger partial charge in [-0.15, -0.1) is 0 Å². The van der Waals surface area contributed by atoms with E-state index >= 15 is 0 Å². The van der Waals surface area contributed by atoms with Gasteiger partial charge in [-0.25, -0.2) is 0 Å². The minimum atomic E-state index is 0. The van der Waals surface area contributed by atoms with Gasteiger partial charge in [0.05, 0.1) is 13.1 Å². The summed E-state index contributed by atoms with van der Waals surface area (Å²) in [5.41, 5.74) is 3.21. The number of benzene rings is 1. The number of hydrogen-bond acceptors (Lipinski definition) is 0. The van der Waals surface area contributed by atoms with E-state index in [1.165, 1.54) is 49.9 Å². The molecular weight excluding hydrogens is 250 g/mol. The van der Waals surface area contributed by atoms with E-state index in [4.69, 9.17) is 0 Å². The zero-order valence-corrected chi connectivity index (χ0v) is 10.7. The first kappa shape index (κ1) is 11.2. The summed E-state index contributed by atoms with van der Waals surface area (Å²) in [5, 5.41) is 0. The lowest BCUT2D eigenvalue weighted by molar-refractivity contribution is -0.951. The molecule has 0 saturated carbocycles. The van der Waals surface area contributed by atoms with Crippen molar-refractivity contribution in [2.75, 3.05) is 13.1 Å². The molecule has 1 aromatic rings. The predicted octanol–water partition coefficient (Wildman–Crippen LogP) is -0.295. The van der Waals surface area contributed by atoms with Crippen LogP contribution in [0.25, 0.3) is 0 Å². The molecule has 2 heterocycles. The minimum absolute atomic E-state index is 0. The molecule has 0 aromatic heterocycles. The van der Waals surface area contributed by atoms with Gasteiger partial charge in [-0.3, -0.25) is 0 Å². The van der Waals surface area contributed by atoms with E-state index in [0.29, 0.717) is 0 Å². The Morgan fingerprint density at radius 1 is 0.800 bits per heavy atom. The van der Waals surface area contributed by atoms with Gasteiger partial charge in [0.15, 0.2) is 0 Å². The van der Waals surface area contributed by atoms with Crippen LogP contribution in [0.2, 0.25) is 0 Å². The zero-order chi connectivity index (χ0) is 9.43. The summed E-state index contributed by atoms with van der Waals surface area (Å²) in [5.74, 6) is 0. The fourth-order valence-electron chi connectivity index (χ4n) is 3.14. The molecule has 15 heavy (non-hydrogen) atoms. The van der Waals surface area contributed by atoms with E-state index in [2.05, 4.69) is 24.3 Å². The molecule has 0 aliphatic carbocycles. The number of rotatable bonds is 0. The van der Waals surface area contributed by atoms with Gasteiger partial charge in [0.2, 0.25) is 0 Å². The Bertz CT molecular complexity index is 315. The van der Waals surface area contributed by atoms with E-state index < -0.39 is 0 Å². The third-order valence-corrected chi connectivity index (χ3v) is 3.89. The molecule has 2 aliphatic rings. The van der Waals surface area contributed by atoms with Crippen molar-refractivity contribution in [3.05, 3.63) is 35.4 Å². The fourth-order valence-corrected chi connectivity index (χ4v) is 3.14. The monoisotopic (exact) mass is 267 g/mol. The molecule has 0 atom stereocenters. The lowest BCUT2D eigenvalue weighted by Gasteiger charge is -2.37. The van der Waals surface area contributed by atoms with Crippen molar-refractivity contribution in [1.82, 2.24) is 0 Å². The van der Waals surface area contributed by atoms with E-state index in [-0.39, 0.29) is 17.0 Å². The highest BCUT2D eigenvalue weighted by molar-refractivity contribution is 5.28. The molecule has 0 N–H and O–H groups in total. The van der Waals surface area contributed by atoms with Crippen LogP contribution in [0.1, 0.15) is 30.4 Å². The topological polar surface area (TPSA) is 0 Å². The average Bonchev–Trinajstić information content (AvgIpc) is 2.56. The van der Waals surface area contributed by atoms with Crippen LogP contribution in [0.15, 0.2) is 24.3 Å². The maximum Gasteiger partial charge on any atom is 0.105 e. The number of quaternary nitrogens is 1. The van der Waals surface area contributed by atoms with Gasteiger partial charge >= 0.3 is 0 Å². The molecule has 2 heteroatoms. The summed E-state index contributed by atoms with van der Waals surface area (Å²) in [7, 11) is 0. The molecular formula is C13H18BrN. The van der Waals surface area contributed by atoms with Crippen LogP contribution in [0.3, 0.4) is 0 Å². The van der Waals surface area contributed by atoms with Crippen molar-refractivity contribution in [2.45, 2.75) is 32.4 Å². The van der Waals surface area contributed by atoms with Crippen molar-refractivity contribution in [1.29, 1.82) is 0 Å². The predicted molar refractivity (Wildman–Crippen MR) is 57.7 cm³/mol. The molecule has 3 rings (SSSR count). The molecule has 0 amide bonds. The summed E-state index contributed by atoms with van der Waals surface area (Å²) in [6, 6.07) is 9.00. The second kappa shape index (κ2) is 4.26. The van der Waals surface area contributed by atoms with Crippen molar-refractivity contribution >= 4 is 0 Å². The molecule has 0 unspecified atom stereocenters. The summed E-state index contributed by atoms with van der Waals surface area (Å²) < 4.78 is 1.36. The van der Waals surface area contributed by atoms with E-state index in [1.54, 1.807) is 11.1 Å². The second-order valence-corrected chi connectivity index (χ2v) is 4.93. The average molecular weight is 268 g/mol. The Morgan fingerprint density at radius 2 is 1.33 bits per heavy atom. The van der Waals surface area contributed by atoms with Crippen LogP contribution in [0.5, 0.6) is 0 Å². The van der Waals surface area contributed by atoms with Gasteiger partial charge in [0.1, 0.15) is 13.1 Å². The summed E-state index contributed by atoms with van der Waals surface area (Å²) in [6.07, 6.45) is 4.33. The Morgan fingerprint density at radius 3 is 1.87 bits per heavy atom. The highest BCUT2D eigenvalue weighted by Gasteiger charge is 2.36. The first-order chi connectivity index (χ1) is 6.88. The van der Waals surface area contributed by atoms with Gasteiger partial charge in [-0.05, 0) is 19.3 Å². The van der Waals surface area contributed by atoms with Crippen LogP contribution >= 0.6 is 0 Å². The van der Waals surface area contributed by atoms with Crippen molar-refractivity contribution in [3.8, 4) is 0 Å². The van der Waals surface area contributed by atoms with Gasteiger partial charge in [0.25, 0.3) is 0 Å². The second-order valence-electron chi connectivity index (χ2n) is 4.93. The van der Waals surface area contributed by atoms with E-state index in [0.717, 1.165) is 0 Å². The fraction of sp³-hybridized carbons (Fsp3) is 0.538. The van der Waals surface area contributed by atoms with Crippen LogP contribution in [-0.4, -0.2) is 17.6 Å². The van der Waals surface area contributed by atoms with E-state index in [1.807, 2.05) is 0 Å². The zero-order valence-electron chi connectivity index (χ0n) is 9.08. The summed E-state index contributed by atoms with van der Waals surface area (Å²) in [6.45, 7) is 5.43. The van der Waals surface area contributed by atoms with Crippen LogP contribution in [-0.2, 0) is 13.1 Å². The van der Waals surface area contributed by atoms with Gasteiger partial charge < -0.3 is 21.5 Å². The molecule has 2 aliphatic heterocycles. The Kier molecular flexibility index (Phi) is 3.17. The maximum atomic E-state index is 2.32. The summed E-state index contributed by atoms with van der Waals surface area (Å²) >= 11 is 0. The summed E-state index contributed by atoms with van der Waals surface area (Å²) in [4.78, 5) is 0. The Labute approximate surface area is 102 Å². The number of fused-ring (bicyclic) bond motifs is 1. The van der Waals surface area contributed by atoms with Crippen molar-refractivity contribution < 1.29 is 21.5 Å². The van der Waals surface area contributed by atoms with Gasteiger partial charge in [0, 0.05) is 11.1 Å². The molecule has 1 nitrogen and oxygen atoms in total. The third kappa shape index (κ3) is 1.98. The first-order valence-electron chi connectivity index (χ1n) is 5.80. The van der Waals surface area contributed by atoms with Gasteiger partial charge in [-0.1, -0.05) is 24.3 Å². The highest BCUT2D eigenvalue weighted by atomic mass is 79.9.